The van der Waals surface area contributed by atoms with Gasteiger partial charge in [-0.25, -0.2) is 0 Å². The van der Waals surface area contributed by atoms with Crippen LogP contribution in [0.3, 0.4) is 0 Å². The number of benzene rings is 2. The van der Waals surface area contributed by atoms with Crippen LogP contribution in [0, 0.1) is 5.41 Å². The molecule has 0 bridgehead atoms. The zero-order valence-corrected chi connectivity index (χ0v) is 19.8. The molecule has 8 nitrogen and oxygen atoms in total. The molecule has 9 heteroatoms. The summed E-state index contributed by atoms with van der Waals surface area (Å²) in [7, 11) is 0. The van der Waals surface area contributed by atoms with Gasteiger partial charge in [-0.1, -0.05) is 36.4 Å². The second-order valence-electron chi connectivity index (χ2n) is 8.57. The van der Waals surface area contributed by atoms with Crippen molar-refractivity contribution < 1.29 is 19.8 Å². The van der Waals surface area contributed by atoms with Gasteiger partial charge >= 0.3 is 0 Å². The van der Waals surface area contributed by atoms with E-state index in [0.717, 1.165) is 22.2 Å². The summed E-state index contributed by atoms with van der Waals surface area (Å²) < 4.78 is 0. The summed E-state index contributed by atoms with van der Waals surface area (Å²) in [6.07, 6.45) is 3.90. The monoisotopic (exact) mass is 484 g/mol. The van der Waals surface area contributed by atoms with Crippen LogP contribution in [0.1, 0.15) is 28.5 Å². The van der Waals surface area contributed by atoms with Crippen LogP contribution in [0.25, 0.3) is 23.1 Å². The average Bonchev–Trinajstić information content (AvgIpc) is 3.29. The number of aromatic amines is 1. The van der Waals surface area contributed by atoms with Crippen molar-refractivity contribution in [2.75, 3.05) is 39.4 Å². The number of carbonyl (C=O) groups is 2. The Balaban J connectivity index is 0.00000324. The number of para-hydroxylation sites is 1. The molecular formula is C25H29ClN4O4. The Morgan fingerprint density at radius 3 is 2.24 bits per heavy atom. The van der Waals surface area contributed by atoms with Crippen molar-refractivity contribution in [3.05, 3.63) is 65.4 Å². The van der Waals surface area contributed by atoms with Crippen molar-refractivity contribution in [1.82, 2.24) is 20.0 Å². The lowest BCUT2D eigenvalue weighted by Crippen LogP contribution is -2.55. The highest BCUT2D eigenvalue weighted by Gasteiger charge is 2.37. The van der Waals surface area contributed by atoms with Crippen LogP contribution in [0.5, 0.6) is 0 Å². The second kappa shape index (κ2) is 10.8. The van der Waals surface area contributed by atoms with Gasteiger partial charge in [0.1, 0.15) is 0 Å². The first-order valence-electron chi connectivity index (χ1n) is 11.0. The number of hydrogen-bond acceptors (Lipinski definition) is 5. The minimum absolute atomic E-state index is 0. The van der Waals surface area contributed by atoms with Gasteiger partial charge in [-0.2, -0.15) is 5.10 Å². The van der Waals surface area contributed by atoms with E-state index in [1.54, 1.807) is 21.9 Å². The number of fused-ring (bicyclic) bond motifs is 1. The van der Waals surface area contributed by atoms with E-state index >= 15 is 0 Å². The predicted molar refractivity (Wildman–Crippen MR) is 133 cm³/mol. The van der Waals surface area contributed by atoms with Gasteiger partial charge < -0.3 is 20.0 Å². The van der Waals surface area contributed by atoms with Crippen LogP contribution in [0.4, 0.5) is 0 Å². The molecule has 1 fully saturated rings. The van der Waals surface area contributed by atoms with E-state index in [-0.39, 0.29) is 24.2 Å². The van der Waals surface area contributed by atoms with Crippen LogP contribution in [-0.4, -0.2) is 81.4 Å². The van der Waals surface area contributed by atoms with Crippen molar-refractivity contribution in [2.45, 2.75) is 6.92 Å². The van der Waals surface area contributed by atoms with E-state index < -0.39 is 18.6 Å². The Morgan fingerprint density at radius 1 is 0.971 bits per heavy atom. The summed E-state index contributed by atoms with van der Waals surface area (Å²) in [5.74, 6) is -0.372. The fourth-order valence-electron chi connectivity index (χ4n) is 3.89. The molecule has 4 rings (SSSR count). The van der Waals surface area contributed by atoms with Gasteiger partial charge in [0.2, 0.25) is 5.91 Å². The predicted octanol–water partition coefficient (Wildman–Crippen LogP) is 2.43. The van der Waals surface area contributed by atoms with Crippen LogP contribution < -0.4 is 0 Å². The molecule has 2 heterocycles. The Bertz CT molecular complexity index is 1160. The maximum atomic E-state index is 12.9. The Morgan fingerprint density at radius 2 is 1.59 bits per heavy atom. The molecule has 1 aromatic heterocycles. The third kappa shape index (κ3) is 5.14. The number of aliphatic hydroxyl groups is 2. The molecule has 1 aliphatic rings. The summed E-state index contributed by atoms with van der Waals surface area (Å²) in [4.78, 5) is 28.8. The van der Waals surface area contributed by atoms with Gasteiger partial charge in [0.25, 0.3) is 5.91 Å². The van der Waals surface area contributed by atoms with E-state index in [2.05, 4.69) is 10.2 Å². The Hall–Kier alpha value is -3.20. The smallest absolute Gasteiger partial charge is 0.253 e. The van der Waals surface area contributed by atoms with Crippen molar-refractivity contribution in [2.24, 2.45) is 5.41 Å². The molecule has 2 amide bonds. The first-order chi connectivity index (χ1) is 15.9. The first kappa shape index (κ1) is 25.4. The van der Waals surface area contributed by atoms with Crippen molar-refractivity contribution in [3.8, 4) is 0 Å². The summed E-state index contributed by atoms with van der Waals surface area (Å²) in [5.41, 5.74) is 2.19. The van der Waals surface area contributed by atoms with Crippen molar-refractivity contribution in [1.29, 1.82) is 0 Å². The van der Waals surface area contributed by atoms with Crippen LogP contribution in [0.15, 0.2) is 48.5 Å². The highest BCUT2D eigenvalue weighted by Crippen LogP contribution is 2.21. The number of amides is 2. The molecule has 3 N–H and O–H groups in total. The number of aromatic nitrogens is 2. The number of piperazine rings is 1. The lowest BCUT2D eigenvalue weighted by atomic mass is 9.91. The van der Waals surface area contributed by atoms with Crippen molar-refractivity contribution >= 4 is 47.3 Å². The molecule has 0 spiro atoms. The van der Waals surface area contributed by atoms with Gasteiger partial charge in [0.15, 0.2) is 0 Å². The van der Waals surface area contributed by atoms with Crippen molar-refractivity contribution in [3.63, 3.8) is 0 Å². The van der Waals surface area contributed by atoms with Crippen LogP contribution >= 0.6 is 12.4 Å². The lowest BCUT2D eigenvalue weighted by Gasteiger charge is -2.38. The summed E-state index contributed by atoms with van der Waals surface area (Å²) in [5, 5.41) is 27.3. The molecule has 0 atom stereocenters. The number of nitrogens with one attached hydrogen (secondary N) is 1. The molecule has 3 aromatic rings. The fourth-order valence-corrected chi connectivity index (χ4v) is 3.89. The number of H-pyrrole nitrogens is 1. The highest BCUT2D eigenvalue weighted by atomic mass is 35.5. The molecule has 1 saturated heterocycles. The van der Waals surface area contributed by atoms with Crippen LogP contribution in [0.2, 0.25) is 0 Å². The van der Waals surface area contributed by atoms with Gasteiger partial charge in [0, 0.05) is 37.1 Å². The molecule has 1 aliphatic heterocycles. The number of carbonyl (C=O) groups excluding carboxylic acids is 2. The summed E-state index contributed by atoms with van der Waals surface area (Å²) >= 11 is 0. The normalized spacial score (nSPS) is 14.4. The fraction of sp³-hybridized carbons (Fsp3) is 0.320. The zero-order valence-electron chi connectivity index (χ0n) is 19.0. The number of rotatable bonds is 6. The third-order valence-corrected chi connectivity index (χ3v) is 6.16. The quantitative estimate of drug-likeness (QED) is 0.498. The van der Waals surface area contributed by atoms with Crippen LogP contribution in [-0.2, 0) is 4.79 Å². The number of hydrogen-bond donors (Lipinski definition) is 3. The van der Waals surface area contributed by atoms with Gasteiger partial charge in [-0.05, 0) is 36.8 Å². The van der Waals surface area contributed by atoms with E-state index in [0.29, 0.717) is 31.7 Å². The molecule has 2 aromatic carbocycles. The molecule has 0 radical (unpaired) electrons. The molecule has 0 unspecified atom stereocenters. The lowest BCUT2D eigenvalue weighted by molar-refractivity contribution is -0.147. The molecule has 180 valence electrons. The first-order valence-corrected chi connectivity index (χ1v) is 11.0. The zero-order chi connectivity index (χ0) is 23.4. The topological polar surface area (TPSA) is 110 Å². The number of halogens is 1. The number of aliphatic hydroxyl groups excluding tert-OH is 2. The van der Waals surface area contributed by atoms with Gasteiger partial charge in [-0.3, -0.25) is 14.7 Å². The molecule has 34 heavy (non-hydrogen) atoms. The summed E-state index contributed by atoms with van der Waals surface area (Å²) in [6.45, 7) is 2.27. The minimum Gasteiger partial charge on any atom is -0.395 e. The molecule has 0 aliphatic carbocycles. The summed E-state index contributed by atoms with van der Waals surface area (Å²) in [6, 6.07) is 15.3. The minimum atomic E-state index is -1.20. The van der Waals surface area contributed by atoms with E-state index in [4.69, 9.17) is 0 Å². The Labute approximate surface area is 204 Å². The second-order valence-corrected chi connectivity index (χ2v) is 8.57. The SMILES string of the molecule is CC(CO)(CO)C(=O)N1CCN(C(=O)c2ccc(C=Cc3n[nH]c4ccccc34)cc2)CC1.Cl. The van der Waals surface area contributed by atoms with E-state index in [1.165, 1.54) is 6.92 Å². The standard InChI is InChI=1S/C25H28N4O4.ClH/c1-25(16-30,17-31)24(33)29-14-12-28(13-15-29)23(32)19-9-6-18(7-10-19)8-11-22-20-4-2-3-5-21(20)26-27-22;/h2-11,30-31H,12-17H2,1H3,(H,26,27);1H. The largest absolute Gasteiger partial charge is 0.395 e. The Kier molecular flexibility index (Phi) is 8.09. The van der Waals surface area contributed by atoms with Gasteiger partial charge in [0.05, 0.1) is 29.8 Å². The maximum Gasteiger partial charge on any atom is 0.253 e. The number of nitrogens with zero attached hydrogens (tertiary/aromatic N) is 3. The van der Waals surface area contributed by atoms with E-state index in [1.807, 2.05) is 48.6 Å². The highest BCUT2D eigenvalue weighted by molar-refractivity contribution is 5.95. The maximum absolute atomic E-state index is 12.9. The van der Waals surface area contributed by atoms with Gasteiger partial charge in [-0.15, -0.1) is 12.4 Å². The molecular weight excluding hydrogens is 456 g/mol. The average molecular weight is 485 g/mol. The molecule has 0 saturated carbocycles. The third-order valence-electron chi connectivity index (χ3n) is 6.16. The van der Waals surface area contributed by atoms with E-state index in [9.17, 15) is 19.8 Å².